The zero-order chi connectivity index (χ0) is 26.8. The van der Waals surface area contributed by atoms with Crippen LogP contribution in [0.3, 0.4) is 0 Å². The molecule has 4 nitrogen and oxygen atoms in total. The van der Waals surface area contributed by atoms with Crippen LogP contribution in [0.2, 0.25) is 0 Å². The van der Waals surface area contributed by atoms with Crippen molar-refractivity contribution in [3.63, 3.8) is 0 Å². The van der Waals surface area contributed by atoms with Gasteiger partial charge in [0.05, 0.1) is 13.2 Å². The van der Waals surface area contributed by atoms with E-state index in [4.69, 9.17) is 9.47 Å². The minimum Gasteiger partial charge on any atom is -0.347 e. The third kappa shape index (κ3) is 3.21. The molecule has 0 N–H and O–H groups in total. The molecule has 8 atom stereocenters. The number of ether oxygens (including phenoxy) is 2. The number of hydrogen-bond donors (Lipinski definition) is 0. The predicted molar refractivity (Wildman–Crippen MR) is 145 cm³/mol. The van der Waals surface area contributed by atoms with Crippen LogP contribution < -0.4 is 0 Å². The molecule has 1 saturated heterocycles. The molecule has 1 spiro atoms. The summed E-state index contributed by atoms with van der Waals surface area (Å²) in [4.78, 5) is 27.3. The quantitative estimate of drug-likeness (QED) is 0.376. The first-order valence-electron chi connectivity index (χ1n) is 15.2. The molecule has 1 heterocycles. The van der Waals surface area contributed by atoms with Crippen molar-refractivity contribution in [2.45, 2.75) is 113 Å². The highest BCUT2D eigenvalue weighted by atomic mass is 16.7. The highest BCUT2D eigenvalue weighted by Crippen LogP contribution is 2.75. The summed E-state index contributed by atoms with van der Waals surface area (Å²) in [6.07, 6.45) is 10.5. The molecule has 0 amide bonds. The molecule has 0 bridgehead atoms. The molecule has 0 aromatic carbocycles. The van der Waals surface area contributed by atoms with E-state index in [0.29, 0.717) is 42.5 Å². The van der Waals surface area contributed by atoms with Crippen LogP contribution in [-0.2, 0) is 19.1 Å². The van der Waals surface area contributed by atoms with Crippen LogP contribution in [-0.4, -0.2) is 30.6 Å². The molecular formula is C33H50O4. The Hall–Kier alpha value is -1.00. The topological polar surface area (TPSA) is 52.6 Å². The lowest BCUT2D eigenvalue weighted by Gasteiger charge is -2.70. The number of Topliss-reactive ketones (excluding diaryl/α,β-unsaturated/α-hetero) is 1. The average Bonchev–Trinajstić information content (AvgIpc) is 3.28. The summed E-state index contributed by atoms with van der Waals surface area (Å²) in [5, 5.41) is 0. The number of carbonyl (C=O) groups is 2. The monoisotopic (exact) mass is 510 g/mol. The van der Waals surface area contributed by atoms with Gasteiger partial charge in [-0.3, -0.25) is 9.59 Å². The molecule has 6 aliphatic rings. The summed E-state index contributed by atoms with van der Waals surface area (Å²) in [5.41, 5.74) is 1.28. The van der Waals surface area contributed by atoms with Crippen LogP contribution >= 0.6 is 0 Å². The smallest absolute Gasteiger partial charge is 0.173 e. The average molecular weight is 511 g/mol. The second-order valence-electron chi connectivity index (χ2n) is 16.1. The number of hydrogen-bond acceptors (Lipinski definition) is 4. The lowest BCUT2D eigenvalue weighted by molar-refractivity contribution is -0.303. The summed E-state index contributed by atoms with van der Waals surface area (Å²) in [5.74, 6) is 1.52. The zero-order valence-electron chi connectivity index (χ0n) is 24.7. The van der Waals surface area contributed by atoms with Crippen molar-refractivity contribution < 1.29 is 19.1 Å². The Morgan fingerprint density at radius 3 is 2.22 bits per heavy atom. The number of allylic oxidation sites excluding steroid dienone is 2. The minimum absolute atomic E-state index is 0.00905. The van der Waals surface area contributed by atoms with Crippen molar-refractivity contribution in [2.75, 3.05) is 13.2 Å². The molecule has 1 aliphatic heterocycles. The van der Waals surface area contributed by atoms with Gasteiger partial charge in [0.1, 0.15) is 5.78 Å². The fourth-order valence-corrected chi connectivity index (χ4v) is 11.7. The third-order valence-electron chi connectivity index (χ3n) is 13.6. The van der Waals surface area contributed by atoms with Gasteiger partial charge >= 0.3 is 0 Å². The van der Waals surface area contributed by atoms with Crippen molar-refractivity contribution in [1.82, 2.24) is 0 Å². The summed E-state index contributed by atoms with van der Waals surface area (Å²) >= 11 is 0. The van der Waals surface area contributed by atoms with Crippen LogP contribution in [0.15, 0.2) is 11.6 Å². The van der Waals surface area contributed by atoms with Gasteiger partial charge in [-0.15, -0.1) is 0 Å². The van der Waals surface area contributed by atoms with E-state index < -0.39 is 5.79 Å². The van der Waals surface area contributed by atoms with E-state index in [1.54, 1.807) is 6.92 Å². The molecule has 4 saturated carbocycles. The van der Waals surface area contributed by atoms with Gasteiger partial charge in [-0.2, -0.15) is 0 Å². The fourth-order valence-electron chi connectivity index (χ4n) is 11.7. The predicted octanol–water partition coefficient (Wildman–Crippen LogP) is 7.16. The Morgan fingerprint density at radius 1 is 0.892 bits per heavy atom. The lowest BCUT2D eigenvalue weighted by Crippen LogP contribution is -2.68. The Kier molecular flexibility index (Phi) is 5.53. The molecule has 4 heteroatoms. The Morgan fingerprint density at radius 2 is 1.57 bits per heavy atom. The van der Waals surface area contributed by atoms with Crippen LogP contribution in [0, 0.1) is 56.7 Å². The van der Waals surface area contributed by atoms with Crippen LogP contribution in [0.1, 0.15) is 107 Å². The number of rotatable bonds is 1. The maximum absolute atomic E-state index is 14.5. The maximum atomic E-state index is 14.5. The van der Waals surface area contributed by atoms with Gasteiger partial charge in [0, 0.05) is 23.7 Å². The van der Waals surface area contributed by atoms with Crippen molar-refractivity contribution in [2.24, 2.45) is 56.7 Å². The van der Waals surface area contributed by atoms with E-state index in [1.807, 2.05) is 0 Å². The van der Waals surface area contributed by atoms with Gasteiger partial charge in [-0.1, -0.05) is 54.0 Å². The van der Waals surface area contributed by atoms with Crippen LogP contribution in [0.25, 0.3) is 0 Å². The first-order valence-corrected chi connectivity index (χ1v) is 15.2. The van der Waals surface area contributed by atoms with Gasteiger partial charge < -0.3 is 9.47 Å². The second-order valence-corrected chi connectivity index (χ2v) is 16.1. The van der Waals surface area contributed by atoms with E-state index in [0.717, 1.165) is 51.4 Å². The summed E-state index contributed by atoms with van der Waals surface area (Å²) < 4.78 is 12.7. The third-order valence-corrected chi connectivity index (χ3v) is 13.6. The standard InChI is InChI=1S/C33H50O4/c1-20(34)22-18-28(2,3)19-23-21(22)9-11-31(7)24(23)17-25(35)27-30(6)13-14-33(36-15-16-37-33)29(4,5)26(30)10-12-32(27,31)8/h17,21-23,26-27H,9-16,18-19H2,1-8H3/t21?,22-,23?,26?,27?,30-,31+,32+/m0/s1. The number of ketones is 2. The highest BCUT2D eigenvalue weighted by Gasteiger charge is 2.72. The Bertz CT molecular complexity index is 1050. The van der Waals surface area contributed by atoms with Gasteiger partial charge in [-0.05, 0) is 97.4 Å². The van der Waals surface area contributed by atoms with E-state index in [1.165, 1.54) is 5.57 Å². The summed E-state index contributed by atoms with van der Waals surface area (Å²) in [6, 6.07) is 0. The van der Waals surface area contributed by atoms with Gasteiger partial charge in [-0.25, -0.2) is 0 Å². The Balaban J connectivity index is 1.43. The largest absolute Gasteiger partial charge is 0.347 e. The summed E-state index contributed by atoms with van der Waals surface area (Å²) in [7, 11) is 0. The highest BCUT2D eigenvalue weighted by molar-refractivity contribution is 5.95. The van der Waals surface area contributed by atoms with E-state index in [-0.39, 0.29) is 38.9 Å². The molecule has 0 radical (unpaired) electrons. The van der Waals surface area contributed by atoms with Gasteiger partial charge in [0.25, 0.3) is 0 Å². The normalized spacial score (nSPS) is 49.4. The van der Waals surface area contributed by atoms with Crippen molar-refractivity contribution >= 4 is 11.6 Å². The first-order chi connectivity index (χ1) is 17.1. The molecule has 0 aromatic heterocycles. The van der Waals surface area contributed by atoms with Crippen LogP contribution in [0.4, 0.5) is 0 Å². The number of carbonyl (C=O) groups excluding carboxylic acids is 2. The summed E-state index contributed by atoms with van der Waals surface area (Å²) in [6.45, 7) is 19.9. The zero-order valence-corrected chi connectivity index (χ0v) is 24.7. The van der Waals surface area contributed by atoms with E-state index >= 15 is 0 Å². The van der Waals surface area contributed by atoms with Crippen molar-refractivity contribution in [3.05, 3.63) is 11.6 Å². The molecule has 5 fully saturated rings. The van der Waals surface area contributed by atoms with E-state index in [2.05, 4.69) is 54.5 Å². The molecule has 4 unspecified atom stereocenters. The first kappa shape index (κ1) is 26.2. The van der Waals surface area contributed by atoms with Gasteiger partial charge in [0.15, 0.2) is 11.6 Å². The molecule has 37 heavy (non-hydrogen) atoms. The molecular weight excluding hydrogens is 460 g/mol. The maximum Gasteiger partial charge on any atom is 0.173 e. The SMILES string of the molecule is CC(=O)[C@@H]1CC(C)(C)CC2C3=CC(=O)C4[C@@]5(C)CCC6(OCCO6)C(C)(C)C5CC[C@@]4(C)[C@]3(C)CCC21. The second kappa shape index (κ2) is 7.80. The molecule has 0 aromatic rings. The van der Waals surface area contributed by atoms with E-state index in [9.17, 15) is 9.59 Å². The van der Waals surface area contributed by atoms with Gasteiger partial charge in [0.2, 0.25) is 0 Å². The minimum atomic E-state index is -0.499. The van der Waals surface area contributed by atoms with Crippen LogP contribution in [0.5, 0.6) is 0 Å². The number of fused-ring (bicyclic) bond motifs is 7. The fraction of sp³-hybridized carbons (Fsp3) is 0.879. The Labute approximate surface area is 224 Å². The van der Waals surface area contributed by atoms with Crippen molar-refractivity contribution in [1.29, 1.82) is 0 Å². The molecule has 5 aliphatic carbocycles. The molecule has 6 rings (SSSR count). The van der Waals surface area contributed by atoms with Crippen molar-refractivity contribution in [3.8, 4) is 0 Å². The lowest BCUT2D eigenvalue weighted by atomic mass is 9.34. The molecule has 206 valence electrons.